The first-order valence-electron chi connectivity index (χ1n) is 11.0. The summed E-state index contributed by atoms with van der Waals surface area (Å²) in [6.45, 7) is 4.40. The number of rotatable bonds is 4. The van der Waals surface area contributed by atoms with Crippen LogP contribution < -0.4 is 0 Å². The van der Waals surface area contributed by atoms with Crippen molar-refractivity contribution in [2.24, 2.45) is 16.4 Å². The Kier molecular flexibility index (Phi) is 5.01. The van der Waals surface area contributed by atoms with E-state index in [0.717, 1.165) is 19.5 Å². The Morgan fingerprint density at radius 1 is 0.966 bits per heavy atom. The zero-order valence-corrected chi connectivity index (χ0v) is 17.4. The van der Waals surface area contributed by atoms with E-state index in [0.29, 0.717) is 11.3 Å². The van der Waals surface area contributed by atoms with Crippen LogP contribution in [-0.4, -0.2) is 42.3 Å². The summed E-state index contributed by atoms with van der Waals surface area (Å²) in [7, 11) is 2.11. The summed E-state index contributed by atoms with van der Waals surface area (Å²) < 4.78 is 0. The fourth-order valence-electron chi connectivity index (χ4n) is 5.62. The molecule has 29 heavy (non-hydrogen) atoms. The molecule has 0 radical (unpaired) electrons. The van der Waals surface area contributed by atoms with Crippen LogP contribution in [0.3, 0.4) is 0 Å². The molecule has 3 nitrogen and oxygen atoms in total. The van der Waals surface area contributed by atoms with E-state index in [1.165, 1.54) is 54.8 Å². The van der Waals surface area contributed by atoms with Gasteiger partial charge in [0.25, 0.3) is 0 Å². The molecule has 2 aliphatic heterocycles. The van der Waals surface area contributed by atoms with Gasteiger partial charge < -0.3 is 0 Å². The minimum atomic E-state index is 0.346. The van der Waals surface area contributed by atoms with Crippen molar-refractivity contribution in [3.05, 3.63) is 83.4 Å². The number of allylic oxidation sites excluding steroid dienone is 1. The maximum atomic E-state index is 5.07. The van der Waals surface area contributed by atoms with Gasteiger partial charge in [-0.2, -0.15) is 5.10 Å². The number of hydrazone groups is 1. The van der Waals surface area contributed by atoms with Crippen LogP contribution in [0.25, 0.3) is 0 Å². The van der Waals surface area contributed by atoms with Gasteiger partial charge in [-0.25, -0.2) is 0 Å². The molecule has 1 aliphatic carbocycles. The zero-order chi connectivity index (χ0) is 19.7. The van der Waals surface area contributed by atoms with Gasteiger partial charge in [0, 0.05) is 26.1 Å². The molecule has 2 aromatic carbocycles. The van der Waals surface area contributed by atoms with Crippen LogP contribution in [0, 0.1) is 11.3 Å². The zero-order valence-electron chi connectivity index (χ0n) is 17.4. The number of likely N-dealkylation sites (N-methyl/N-ethyl adjacent to an activating group) is 1. The van der Waals surface area contributed by atoms with Gasteiger partial charge in [0.1, 0.15) is 0 Å². The largest absolute Gasteiger partial charge is 0.298 e. The first kappa shape index (κ1) is 18.6. The van der Waals surface area contributed by atoms with Crippen molar-refractivity contribution in [1.82, 2.24) is 9.91 Å². The van der Waals surface area contributed by atoms with Crippen LogP contribution in [-0.2, 0) is 13.0 Å². The average molecular weight is 386 g/mol. The SMILES string of the molecule is CN1CC=C2CCC3(CCN(Cc4ccccc4)C3)C(Cc3ccccc3)C2=N1. The highest BCUT2D eigenvalue weighted by atomic mass is 15.4. The van der Waals surface area contributed by atoms with Crippen molar-refractivity contribution >= 4 is 5.71 Å². The average Bonchev–Trinajstić information content (AvgIpc) is 3.15. The molecule has 1 saturated carbocycles. The van der Waals surface area contributed by atoms with E-state index in [4.69, 9.17) is 5.10 Å². The molecule has 0 N–H and O–H groups in total. The molecule has 2 unspecified atom stereocenters. The first-order chi connectivity index (χ1) is 14.2. The fourth-order valence-corrected chi connectivity index (χ4v) is 5.62. The summed E-state index contributed by atoms with van der Waals surface area (Å²) in [6, 6.07) is 22.0. The van der Waals surface area contributed by atoms with Crippen LogP contribution in [0.2, 0.25) is 0 Å². The lowest BCUT2D eigenvalue weighted by molar-refractivity contribution is 0.173. The van der Waals surface area contributed by atoms with Gasteiger partial charge in [0.2, 0.25) is 0 Å². The number of benzene rings is 2. The van der Waals surface area contributed by atoms with Gasteiger partial charge >= 0.3 is 0 Å². The number of fused-ring (bicyclic) bond motifs is 1. The Balaban J connectivity index is 1.43. The maximum absolute atomic E-state index is 5.07. The van der Waals surface area contributed by atoms with Crippen molar-refractivity contribution in [3.63, 3.8) is 0 Å². The summed E-state index contributed by atoms with van der Waals surface area (Å²) in [5.41, 5.74) is 6.09. The van der Waals surface area contributed by atoms with Crippen LogP contribution in [0.1, 0.15) is 30.4 Å². The lowest BCUT2D eigenvalue weighted by Crippen LogP contribution is -2.45. The van der Waals surface area contributed by atoms with E-state index in [1.54, 1.807) is 0 Å². The van der Waals surface area contributed by atoms with E-state index in [1.807, 2.05) is 0 Å². The summed E-state index contributed by atoms with van der Waals surface area (Å²) >= 11 is 0. The highest BCUT2D eigenvalue weighted by molar-refractivity contribution is 6.03. The Morgan fingerprint density at radius 2 is 1.69 bits per heavy atom. The third kappa shape index (κ3) is 3.76. The second kappa shape index (κ2) is 7.79. The fraction of sp³-hybridized carbons (Fsp3) is 0.423. The van der Waals surface area contributed by atoms with Crippen molar-refractivity contribution in [1.29, 1.82) is 0 Å². The van der Waals surface area contributed by atoms with E-state index in [9.17, 15) is 0 Å². The molecule has 5 rings (SSSR count). The minimum Gasteiger partial charge on any atom is -0.298 e. The maximum Gasteiger partial charge on any atom is 0.0675 e. The quantitative estimate of drug-likeness (QED) is 0.756. The molecule has 1 spiro atoms. The minimum absolute atomic E-state index is 0.346. The molecule has 2 fully saturated rings. The van der Waals surface area contributed by atoms with Gasteiger partial charge in [-0.15, -0.1) is 0 Å². The topological polar surface area (TPSA) is 18.8 Å². The van der Waals surface area contributed by atoms with Crippen LogP contribution in [0.15, 0.2) is 77.4 Å². The Labute approximate surface area is 174 Å². The Bertz CT molecular complexity index is 902. The van der Waals surface area contributed by atoms with Gasteiger partial charge in [-0.1, -0.05) is 66.7 Å². The highest BCUT2D eigenvalue weighted by Crippen LogP contribution is 2.50. The van der Waals surface area contributed by atoms with Crippen molar-refractivity contribution < 1.29 is 0 Å². The molecule has 2 heterocycles. The number of hydrogen-bond acceptors (Lipinski definition) is 3. The highest BCUT2D eigenvalue weighted by Gasteiger charge is 2.49. The molecule has 2 aromatic rings. The summed E-state index contributed by atoms with van der Waals surface area (Å²) in [5.74, 6) is 0.508. The Hall–Kier alpha value is -2.39. The Morgan fingerprint density at radius 3 is 2.45 bits per heavy atom. The summed E-state index contributed by atoms with van der Waals surface area (Å²) in [6.07, 6.45) is 7.29. The van der Waals surface area contributed by atoms with Crippen LogP contribution >= 0.6 is 0 Å². The predicted octanol–water partition coefficient (Wildman–Crippen LogP) is 4.76. The lowest BCUT2D eigenvalue weighted by atomic mass is 9.61. The molecule has 0 aromatic heterocycles. The van der Waals surface area contributed by atoms with E-state index < -0.39 is 0 Å². The second-order valence-electron chi connectivity index (χ2n) is 9.11. The molecule has 2 atom stereocenters. The molecule has 1 saturated heterocycles. The van der Waals surface area contributed by atoms with Crippen LogP contribution in [0.5, 0.6) is 0 Å². The van der Waals surface area contributed by atoms with Crippen molar-refractivity contribution in [2.45, 2.75) is 32.2 Å². The smallest absolute Gasteiger partial charge is 0.0675 e. The molecule has 150 valence electrons. The lowest BCUT2D eigenvalue weighted by Gasteiger charge is -2.45. The van der Waals surface area contributed by atoms with E-state index in [-0.39, 0.29) is 0 Å². The second-order valence-corrected chi connectivity index (χ2v) is 9.11. The van der Waals surface area contributed by atoms with E-state index in [2.05, 4.69) is 83.7 Å². The molecule has 0 amide bonds. The van der Waals surface area contributed by atoms with E-state index >= 15 is 0 Å². The molecule has 3 aliphatic rings. The molecule has 3 heteroatoms. The number of likely N-dealkylation sites (tertiary alicyclic amines) is 1. The van der Waals surface area contributed by atoms with Crippen LogP contribution in [0.4, 0.5) is 0 Å². The van der Waals surface area contributed by atoms with Crippen molar-refractivity contribution in [2.75, 3.05) is 26.7 Å². The molecular formula is C26H31N3. The predicted molar refractivity (Wildman–Crippen MR) is 120 cm³/mol. The number of hydrogen-bond donors (Lipinski definition) is 0. The van der Waals surface area contributed by atoms with Gasteiger partial charge in [0.15, 0.2) is 0 Å². The first-order valence-corrected chi connectivity index (χ1v) is 11.0. The monoisotopic (exact) mass is 385 g/mol. The van der Waals surface area contributed by atoms with Gasteiger partial charge in [0.05, 0.1) is 12.3 Å². The summed E-state index contributed by atoms with van der Waals surface area (Å²) in [4.78, 5) is 2.68. The normalized spacial score (nSPS) is 26.9. The van der Waals surface area contributed by atoms with Crippen molar-refractivity contribution in [3.8, 4) is 0 Å². The summed E-state index contributed by atoms with van der Waals surface area (Å²) in [5, 5.41) is 7.19. The molecular weight excluding hydrogens is 354 g/mol. The third-order valence-electron chi connectivity index (χ3n) is 7.17. The third-order valence-corrected chi connectivity index (χ3v) is 7.17. The van der Waals surface area contributed by atoms with Gasteiger partial charge in [-0.3, -0.25) is 9.91 Å². The number of nitrogens with zero attached hydrogens (tertiary/aromatic N) is 3. The standard InChI is InChI=1S/C26H31N3/c1-28-16-13-23-12-14-26(15-17-29(20-26)19-22-10-6-3-7-11-22)24(25(23)27-28)18-21-8-4-2-5-9-21/h2-11,13,24H,12,14-20H2,1H3. The van der Waals surface area contributed by atoms with Gasteiger partial charge in [-0.05, 0) is 54.3 Å². The molecule has 0 bridgehead atoms.